The number of unbranched alkanes of at least 4 members (excludes halogenated alkanes) is 2. The second kappa shape index (κ2) is 9.08. The summed E-state index contributed by atoms with van der Waals surface area (Å²) in [4.78, 5) is 20.7. The molecule has 0 fully saturated rings. The zero-order valence-corrected chi connectivity index (χ0v) is 15.8. The Morgan fingerprint density at radius 3 is 3.07 bits per heavy atom. The second-order valence-corrected chi connectivity index (χ2v) is 6.26. The lowest BCUT2D eigenvalue weighted by molar-refractivity contribution is 0.0974. The molecule has 0 unspecified atom stereocenters. The summed E-state index contributed by atoms with van der Waals surface area (Å²) >= 11 is 5.18. The highest BCUT2D eigenvalue weighted by Crippen LogP contribution is 2.03. The summed E-state index contributed by atoms with van der Waals surface area (Å²) in [6.07, 6.45) is 11.5. The number of rotatable bonds is 6. The molecule has 0 atom stereocenters. The Morgan fingerprint density at radius 1 is 1.41 bits per heavy atom. The number of nitrogens with zero attached hydrogens (tertiary/aromatic N) is 5. The number of nitrogens with one attached hydrogen (secondary N) is 2. The van der Waals surface area contributed by atoms with E-state index in [0.717, 1.165) is 19.3 Å². The van der Waals surface area contributed by atoms with Crippen LogP contribution in [0.4, 0.5) is 0 Å². The molecule has 1 aliphatic heterocycles. The van der Waals surface area contributed by atoms with Crippen molar-refractivity contribution in [2.75, 3.05) is 13.3 Å². The third-order valence-corrected chi connectivity index (χ3v) is 3.95. The molecule has 2 aromatic rings. The molecule has 1 aliphatic rings. The van der Waals surface area contributed by atoms with Gasteiger partial charge in [-0.25, -0.2) is 14.5 Å². The van der Waals surface area contributed by atoms with E-state index in [1.54, 1.807) is 35.7 Å². The topological polar surface area (TPSA) is 96.2 Å². The van der Waals surface area contributed by atoms with E-state index in [-0.39, 0.29) is 11.0 Å². The van der Waals surface area contributed by atoms with Crippen LogP contribution in [-0.4, -0.2) is 49.8 Å². The van der Waals surface area contributed by atoms with Crippen LogP contribution in [0, 0.1) is 0 Å². The van der Waals surface area contributed by atoms with E-state index in [2.05, 4.69) is 32.7 Å². The number of amides is 1. The largest absolute Gasteiger partial charge is 0.478 e. The van der Waals surface area contributed by atoms with Gasteiger partial charge in [0, 0.05) is 30.7 Å². The lowest BCUT2D eigenvalue weighted by Crippen LogP contribution is -2.47. The monoisotopic (exact) mass is 387 g/mol. The van der Waals surface area contributed by atoms with E-state index in [4.69, 9.17) is 17.0 Å². The van der Waals surface area contributed by atoms with Crippen molar-refractivity contribution in [3.63, 3.8) is 0 Å². The van der Waals surface area contributed by atoms with Crippen LogP contribution in [0.1, 0.15) is 36.5 Å². The molecule has 2 N–H and O–H groups in total. The highest BCUT2D eigenvalue weighted by atomic mass is 32.1. The zero-order valence-electron chi connectivity index (χ0n) is 15.0. The minimum atomic E-state index is -0.373. The molecule has 0 aromatic carbocycles. The van der Waals surface area contributed by atoms with Gasteiger partial charge in [0.05, 0.1) is 18.4 Å². The molecule has 2 aromatic heterocycles. The number of aromatic nitrogens is 3. The van der Waals surface area contributed by atoms with Gasteiger partial charge >= 0.3 is 0 Å². The lowest BCUT2D eigenvalue weighted by atomic mass is 10.3. The van der Waals surface area contributed by atoms with Crippen molar-refractivity contribution in [1.82, 2.24) is 30.3 Å². The third kappa shape index (κ3) is 5.23. The van der Waals surface area contributed by atoms with Crippen LogP contribution in [0.5, 0.6) is 0 Å². The molecule has 3 rings (SSSR count). The molecule has 0 spiro atoms. The molecular formula is C17H21N7O2S. The maximum atomic E-state index is 12.3. The van der Waals surface area contributed by atoms with Gasteiger partial charge in [0.25, 0.3) is 5.91 Å². The van der Waals surface area contributed by atoms with Gasteiger partial charge in [-0.05, 0) is 18.6 Å². The smallest absolute Gasteiger partial charge is 0.260 e. The van der Waals surface area contributed by atoms with Gasteiger partial charge in [-0.15, -0.1) is 0 Å². The highest BCUT2D eigenvalue weighted by Gasteiger charge is 2.12. The Kier molecular flexibility index (Phi) is 6.31. The molecule has 10 heteroatoms. The SMILES string of the molecule is CCCCCOC1=NCN(NC(=S)NC(=O)c2cnc3ccnn3c2)C=C1. The van der Waals surface area contributed by atoms with Gasteiger partial charge in [-0.3, -0.25) is 20.5 Å². The van der Waals surface area contributed by atoms with Crippen LogP contribution in [0.25, 0.3) is 5.65 Å². The molecule has 1 amide bonds. The Balaban J connectivity index is 1.45. The van der Waals surface area contributed by atoms with Crippen molar-refractivity contribution in [3.8, 4) is 0 Å². The summed E-state index contributed by atoms with van der Waals surface area (Å²) in [6.45, 7) is 3.14. The number of ether oxygens (including phenoxy) is 1. The quantitative estimate of drug-likeness (QED) is 0.575. The normalized spacial score (nSPS) is 13.4. The first kappa shape index (κ1) is 18.8. The fourth-order valence-corrected chi connectivity index (χ4v) is 2.57. The van der Waals surface area contributed by atoms with Crippen molar-refractivity contribution < 1.29 is 9.53 Å². The average molecular weight is 387 g/mol. The fraction of sp³-hybridized carbons (Fsp3) is 0.353. The number of thiocarbonyl (C=S) groups is 1. The summed E-state index contributed by atoms with van der Waals surface area (Å²) in [5, 5.41) is 8.47. The van der Waals surface area contributed by atoms with Crippen molar-refractivity contribution in [2.45, 2.75) is 26.2 Å². The van der Waals surface area contributed by atoms with E-state index < -0.39 is 0 Å². The number of carbonyl (C=O) groups excluding carboxylic acids is 1. The van der Waals surface area contributed by atoms with E-state index in [1.807, 2.05) is 0 Å². The number of hydrogen-bond acceptors (Lipinski definition) is 7. The predicted molar refractivity (Wildman–Crippen MR) is 105 cm³/mol. The third-order valence-electron chi connectivity index (χ3n) is 3.75. The van der Waals surface area contributed by atoms with Gasteiger partial charge in [-0.1, -0.05) is 19.8 Å². The van der Waals surface area contributed by atoms with Gasteiger partial charge in [0.1, 0.15) is 6.67 Å². The summed E-state index contributed by atoms with van der Waals surface area (Å²) in [5.74, 6) is 0.222. The number of carbonyl (C=O) groups is 1. The molecule has 9 nitrogen and oxygen atoms in total. The predicted octanol–water partition coefficient (Wildman–Crippen LogP) is 1.64. The van der Waals surface area contributed by atoms with Crippen LogP contribution < -0.4 is 10.7 Å². The summed E-state index contributed by atoms with van der Waals surface area (Å²) < 4.78 is 7.10. The molecule has 0 bridgehead atoms. The number of hydrazine groups is 1. The van der Waals surface area contributed by atoms with Crippen LogP contribution >= 0.6 is 12.2 Å². The summed E-state index contributed by atoms with van der Waals surface area (Å²) in [5.41, 5.74) is 3.90. The molecule has 3 heterocycles. The Labute approximate surface area is 162 Å². The van der Waals surface area contributed by atoms with Gasteiger partial charge in [0.15, 0.2) is 10.8 Å². The minimum absolute atomic E-state index is 0.160. The van der Waals surface area contributed by atoms with Crippen molar-refractivity contribution in [1.29, 1.82) is 0 Å². The first-order valence-electron chi connectivity index (χ1n) is 8.69. The van der Waals surface area contributed by atoms with E-state index in [0.29, 0.717) is 30.4 Å². The molecular weight excluding hydrogens is 366 g/mol. The van der Waals surface area contributed by atoms with Crippen molar-refractivity contribution in [2.24, 2.45) is 4.99 Å². The number of aliphatic imine (C=N–C) groups is 1. The van der Waals surface area contributed by atoms with E-state index in [1.165, 1.54) is 10.7 Å². The van der Waals surface area contributed by atoms with Gasteiger partial charge in [-0.2, -0.15) is 5.10 Å². The van der Waals surface area contributed by atoms with Gasteiger partial charge in [0.2, 0.25) is 5.90 Å². The second-order valence-electron chi connectivity index (χ2n) is 5.85. The molecule has 142 valence electrons. The summed E-state index contributed by atoms with van der Waals surface area (Å²) in [7, 11) is 0. The summed E-state index contributed by atoms with van der Waals surface area (Å²) in [6, 6.07) is 1.75. The molecule has 0 aliphatic carbocycles. The van der Waals surface area contributed by atoms with Crippen molar-refractivity contribution >= 4 is 34.8 Å². The number of hydrogen-bond donors (Lipinski definition) is 2. The fourth-order valence-electron chi connectivity index (χ4n) is 2.36. The first-order valence-corrected chi connectivity index (χ1v) is 9.10. The Hall–Kier alpha value is -3.01. The van der Waals surface area contributed by atoms with Crippen LogP contribution in [0.3, 0.4) is 0 Å². The first-order chi connectivity index (χ1) is 13.2. The zero-order chi connectivity index (χ0) is 19.1. The van der Waals surface area contributed by atoms with E-state index in [9.17, 15) is 4.79 Å². The van der Waals surface area contributed by atoms with Gasteiger partial charge < -0.3 is 4.74 Å². The van der Waals surface area contributed by atoms with Crippen LogP contribution in [0.15, 0.2) is 41.9 Å². The Morgan fingerprint density at radius 2 is 2.30 bits per heavy atom. The molecule has 0 saturated carbocycles. The Bertz CT molecular complexity index is 877. The highest BCUT2D eigenvalue weighted by molar-refractivity contribution is 7.80. The maximum absolute atomic E-state index is 12.3. The molecule has 0 radical (unpaired) electrons. The lowest BCUT2D eigenvalue weighted by Gasteiger charge is -2.23. The minimum Gasteiger partial charge on any atom is -0.478 e. The molecule has 0 saturated heterocycles. The maximum Gasteiger partial charge on any atom is 0.260 e. The van der Waals surface area contributed by atoms with Crippen LogP contribution in [0.2, 0.25) is 0 Å². The molecule has 27 heavy (non-hydrogen) atoms. The average Bonchev–Trinajstić information content (AvgIpc) is 3.14. The van der Waals surface area contributed by atoms with E-state index >= 15 is 0 Å². The van der Waals surface area contributed by atoms with Crippen molar-refractivity contribution in [3.05, 3.63) is 42.5 Å². The standard InChI is InChI=1S/C17H21N7O2S/c1-2-3-4-9-26-15-6-8-23(12-19-15)22-17(27)21-16(25)13-10-18-14-5-7-20-24(14)11-13/h5-8,10-11H,2-4,9,12H2,1H3,(H2,21,22,25,27). The van der Waals surface area contributed by atoms with Crippen LogP contribution in [-0.2, 0) is 4.74 Å². The number of fused-ring (bicyclic) bond motifs is 1.